The number of hydrogen-bond donors (Lipinski definition) is 2. The van der Waals surface area contributed by atoms with Crippen LogP contribution in [0.5, 0.6) is 0 Å². The van der Waals surface area contributed by atoms with E-state index >= 15 is 0 Å². The Labute approximate surface area is 351 Å². The summed E-state index contributed by atoms with van der Waals surface area (Å²) in [5.74, 6) is -3.71. The Bertz CT molecular complexity index is 1630. The molecule has 332 valence electrons. The molecule has 0 radical (unpaired) electrons. The number of cyclic esters (lactones) is 1. The molecule has 1 amide bonds. The first-order valence-electron chi connectivity index (χ1n) is 21.7. The quantitative estimate of drug-likeness (QED) is 0.176. The van der Waals surface area contributed by atoms with Crippen LogP contribution in [0.4, 0.5) is 4.79 Å². The SMILES string of the molecule is CC[C@H]1OC(=O)C(C)(C)C(=O)[C@H](C)[C@@H](O[C@@H]2O[C@H](C)C[C@H](N(C)C)[C@H]2O)[C@](C)(OC)C[C@@H](C)C(=O)[C@H](C)[C@H]2N(CCCCN3CNC(c4ccccc4)C3)C(=O)O[C@]12C. The zero-order valence-electron chi connectivity index (χ0n) is 37.6. The molecule has 0 aliphatic carbocycles. The number of aliphatic hydroxyl groups is 1. The van der Waals surface area contributed by atoms with E-state index in [4.69, 9.17) is 23.7 Å². The fourth-order valence-electron chi connectivity index (χ4n) is 10.2. The van der Waals surface area contributed by atoms with Crippen LogP contribution < -0.4 is 5.32 Å². The summed E-state index contributed by atoms with van der Waals surface area (Å²) in [6.45, 7) is 18.5. The second kappa shape index (κ2) is 19.0. The number of methoxy groups -OCH3 is 1. The molecule has 4 saturated heterocycles. The topological polar surface area (TPSA) is 156 Å². The highest BCUT2D eigenvalue weighted by Gasteiger charge is 2.61. The van der Waals surface area contributed by atoms with Crippen LogP contribution in [0.1, 0.15) is 106 Å². The van der Waals surface area contributed by atoms with Gasteiger partial charge in [-0.05, 0) is 92.9 Å². The normalized spacial score (nSPS) is 38.9. The van der Waals surface area contributed by atoms with Crippen molar-refractivity contribution < 1.29 is 48.0 Å². The van der Waals surface area contributed by atoms with Crippen molar-refractivity contribution in [2.75, 3.05) is 47.5 Å². The number of fused-ring (bicyclic) bond motifs is 1. The van der Waals surface area contributed by atoms with Crippen LogP contribution in [0.3, 0.4) is 0 Å². The molecule has 0 bridgehead atoms. The minimum atomic E-state index is -1.66. The summed E-state index contributed by atoms with van der Waals surface area (Å²) in [6, 6.07) is 9.59. The number of hydrogen-bond acceptors (Lipinski definition) is 13. The fourth-order valence-corrected chi connectivity index (χ4v) is 10.2. The minimum absolute atomic E-state index is 0.130. The number of aliphatic hydroxyl groups excluding tert-OH is 1. The molecule has 14 nitrogen and oxygen atoms in total. The van der Waals surface area contributed by atoms with E-state index < -0.39 is 82.9 Å². The zero-order chi connectivity index (χ0) is 43.6. The maximum atomic E-state index is 14.8. The molecule has 13 atom stereocenters. The number of Topliss-reactive ketones (excluding diaryl/α,β-unsaturated/α-hetero) is 2. The van der Waals surface area contributed by atoms with Gasteiger partial charge >= 0.3 is 12.1 Å². The van der Waals surface area contributed by atoms with Crippen molar-refractivity contribution in [1.29, 1.82) is 0 Å². The average Bonchev–Trinajstić information content (AvgIpc) is 3.78. The number of amides is 1. The number of ketones is 2. The van der Waals surface area contributed by atoms with Gasteiger partial charge in [0.05, 0.1) is 23.9 Å². The first-order valence-corrected chi connectivity index (χ1v) is 21.7. The number of likely N-dealkylation sites (N-methyl/N-ethyl adjacent to an activating group) is 1. The average molecular weight is 829 g/mol. The summed E-state index contributed by atoms with van der Waals surface area (Å²) in [5.41, 5.74) is -3.07. The van der Waals surface area contributed by atoms with Crippen molar-refractivity contribution in [2.45, 2.75) is 154 Å². The maximum Gasteiger partial charge on any atom is 0.410 e. The Morgan fingerprint density at radius 1 is 0.966 bits per heavy atom. The Kier molecular flexibility index (Phi) is 15.1. The summed E-state index contributed by atoms with van der Waals surface area (Å²) in [7, 11) is 5.27. The number of carbonyl (C=O) groups is 4. The lowest BCUT2D eigenvalue weighted by molar-refractivity contribution is -0.295. The highest BCUT2D eigenvalue weighted by atomic mass is 16.7. The van der Waals surface area contributed by atoms with Gasteiger partial charge in [0.15, 0.2) is 17.7 Å². The number of ether oxygens (including phenoxy) is 5. The van der Waals surface area contributed by atoms with Crippen molar-refractivity contribution in [3.63, 3.8) is 0 Å². The van der Waals surface area contributed by atoms with Crippen molar-refractivity contribution >= 4 is 23.6 Å². The third-order valence-electron chi connectivity index (χ3n) is 13.8. The number of esters is 1. The van der Waals surface area contributed by atoms with E-state index in [0.29, 0.717) is 19.4 Å². The molecule has 4 aliphatic heterocycles. The van der Waals surface area contributed by atoms with Gasteiger partial charge in [0.25, 0.3) is 0 Å². The summed E-state index contributed by atoms with van der Waals surface area (Å²) >= 11 is 0. The highest BCUT2D eigenvalue weighted by Crippen LogP contribution is 2.44. The largest absolute Gasteiger partial charge is 0.457 e. The molecule has 1 unspecified atom stereocenters. The molecule has 4 fully saturated rings. The zero-order valence-corrected chi connectivity index (χ0v) is 37.6. The number of unbranched alkanes of at least 4 members (excludes halogenated alkanes) is 1. The molecule has 0 aromatic heterocycles. The Morgan fingerprint density at radius 2 is 1.63 bits per heavy atom. The summed E-state index contributed by atoms with van der Waals surface area (Å²) in [5, 5.41) is 15.1. The summed E-state index contributed by atoms with van der Waals surface area (Å²) < 4.78 is 31.5. The van der Waals surface area contributed by atoms with E-state index in [0.717, 1.165) is 26.2 Å². The van der Waals surface area contributed by atoms with Gasteiger partial charge in [-0.1, -0.05) is 58.0 Å². The van der Waals surface area contributed by atoms with E-state index in [1.54, 1.807) is 25.7 Å². The van der Waals surface area contributed by atoms with Crippen molar-refractivity contribution in [3.8, 4) is 0 Å². The first kappa shape index (κ1) is 47.1. The third kappa shape index (κ3) is 9.74. The lowest BCUT2D eigenvalue weighted by Crippen LogP contribution is -2.61. The first-order chi connectivity index (χ1) is 27.7. The van der Waals surface area contributed by atoms with Crippen LogP contribution in [0, 0.1) is 23.2 Å². The molecule has 4 aliphatic rings. The van der Waals surface area contributed by atoms with E-state index in [9.17, 15) is 24.3 Å². The highest BCUT2D eigenvalue weighted by molar-refractivity contribution is 6.04. The van der Waals surface area contributed by atoms with Gasteiger partial charge in [-0.2, -0.15) is 0 Å². The summed E-state index contributed by atoms with van der Waals surface area (Å²) in [4.78, 5) is 63.6. The number of rotatable bonds is 11. The van der Waals surface area contributed by atoms with Crippen LogP contribution in [0.15, 0.2) is 30.3 Å². The van der Waals surface area contributed by atoms with Gasteiger partial charge < -0.3 is 38.6 Å². The Morgan fingerprint density at radius 3 is 2.25 bits per heavy atom. The smallest absolute Gasteiger partial charge is 0.410 e. The van der Waals surface area contributed by atoms with Crippen LogP contribution in [0.2, 0.25) is 0 Å². The number of nitrogens with zero attached hydrogens (tertiary/aromatic N) is 3. The maximum absolute atomic E-state index is 14.8. The Hall–Kier alpha value is -2.98. The van der Waals surface area contributed by atoms with Gasteiger partial charge in [-0.25, -0.2) is 4.79 Å². The molecule has 4 heterocycles. The lowest BCUT2D eigenvalue weighted by Gasteiger charge is -2.47. The second-order valence-electron chi connectivity index (χ2n) is 18.8. The predicted molar refractivity (Wildman–Crippen MR) is 222 cm³/mol. The minimum Gasteiger partial charge on any atom is -0.457 e. The number of nitrogens with one attached hydrogen (secondary N) is 1. The van der Waals surface area contributed by atoms with Crippen molar-refractivity contribution in [2.24, 2.45) is 23.2 Å². The van der Waals surface area contributed by atoms with E-state index in [1.165, 1.54) is 26.5 Å². The molecule has 14 heteroatoms. The van der Waals surface area contributed by atoms with Crippen molar-refractivity contribution in [1.82, 2.24) is 20.0 Å². The van der Waals surface area contributed by atoms with E-state index in [2.05, 4.69) is 22.3 Å². The third-order valence-corrected chi connectivity index (χ3v) is 13.8. The molecular formula is C45H72N4O10. The van der Waals surface area contributed by atoms with Gasteiger partial charge in [0.2, 0.25) is 0 Å². The van der Waals surface area contributed by atoms with Gasteiger partial charge in [-0.3, -0.25) is 24.6 Å². The predicted octanol–water partition coefficient (Wildman–Crippen LogP) is 4.96. The van der Waals surface area contributed by atoms with Crippen LogP contribution in [-0.4, -0.2) is 145 Å². The Balaban J connectivity index is 1.43. The molecule has 5 rings (SSSR count). The molecule has 2 N–H and O–H groups in total. The molecule has 0 saturated carbocycles. The van der Waals surface area contributed by atoms with E-state index in [-0.39, 0.29) is 36.8 Å². The molecule has 0 spiro atoms. The standard InChI is InChI=1S/C45H72N4O10/c1-13-34-45(9)37(49(42(54)59-45)22-18-17-21-48-25-32(46-26-48)31-19-15-14-16-20-31)29(4)35(50)27(2)24-44(8,55-12)39(30(5)38(52)43(6,7)41(53)57-34)58-40-36(51)33(47(10)11)23-28(3)56-40/h14-16,19-20,27-30,32-34,36-37,39-40,46,51H,13,17-18,21-26H2,1-12H3/t27-,28-,29+,30+,32?,33+,34-,36-,37-,39-,40+,44-,45-/m1/s1. The van der Waals surface area contributed by atoms with Gasteiger partial charge in [-0.15, -0.1) is 0 Å². The molecule has 1 aromatic carbocycles. The van der Waals surface area contributed by atoms with E-state index in [1.807, 2.05) is 64.9 Å². The monoisotopic (exact) mass is 829 g/mol. The van der Waals surface area contributed by atoms with Crippen LogP contribution in [0.25, 0.3) is 0 Å². The fraction of sp³-hybridized carbons (Fsp3) is 0.778. The molecular weight excluding hydrogens is 757 g/mol. The van der Waals surface area contributed by atoms with Crippen LogP contribution in [-0.2, 0) is 38.1 Å². The number of benzene rings is 1. The van der Waals surface area contributed by atoms with Gasteiger partial charge in [0, 0.05) is 56.7 Å². The molecule has 1 aromatic rings. The van der Waals surface area contributed by atoms with Crippen molar-refractivity contribution in [3.05, 3.63) is 35.9 Å². The van der Waals surface area contributed by atoms with Crippen LogP contribution >= 0.6 is 0 Å². The lowest BCUT2D eigenvalue weighted by atomic mass is 9.71. The van der Waals surface area contributed by atoms with Gasteiger partial charge in [0.1, 0.15) is 23.4 Å². The number of carbonyl (C=O) groups excluding carboxylic acids is 4. The second-order valence-corrected chi connectivity index (χ2v) is 18.8. The molecule has 59 heavy (non-hydrogen) atoms. The summed E-state index contributed by atoms with van der Waals surface area (Å²) in [6.07, 6.45) is -2.53.